The van der Waals surface area contributed by atoms with E-state index >= 15 is 0 Å². The number of aryl methyl sites for hydroxylation is 1. The summed E-state index contributed by atoms with van der Waals surface area (Å²) in [4.78, 5) is 26.5. The van der Waals surface area contributed by atoms with Gasteiger partial charge in [-0.3, -0.25) is 14.9 Å². The van der Waals surface area contributed by atoms with Crippen LogP contribution in [0, 0.1) is 23.0 Å². The highest BCUT2D eigenvalue weighted by atomic mass is 32.2. The van der Waals surface area contributed by atoms with Gasteiger partial charge in [0.1, 0.15) is 5.69 Å². The van der Waals surface area contributed by atoms with Crippen molar-refractivity contribution in [3.8, 4) is 0 Å². The Kier molecular flexibility index (Phi) is 6.92. The van der Waals surface area contributed by atoms with Gasteiger partial charge in [-0.25, -0.2) is 0 Å². The third-order valence-electron chi connectivity index (χ3n) is 4.98. The normalized spacial score (nSPS) is 14.7. The Morgan fingerprint density at radius 3 is 2.54 bits per heavy atom. The summed E-state index contributed by atoms with van der Waals surface area (Å²) in [7, 11) is 0. The van der Waals surface area contributed by atoms with Crippen molar-refractivity contribution in [1.29, 1.82) is 0 Å². The van der Waals surface area contributed by atoms with Crippen molar-refractivity contribution in [2.75, 3.05) is 30.3 Å². The number of hydrogen-bond donors (Lipinski definition) is 1. The predicted molar refractivity (Wildman–Crippen MR) is 113 cm³/mol. The second kappa shape index (κ2) is 9.59. The Hall–Kier alpha value is -2.54. The quantitative estimate of drug-likeness (QED) is 0.329. The summed E-state index contributed by atoms with van der Waals surface area (Å²) in [6.45, 7) is 4.01. The number of hydrogen-bond acceptors (Lipinski definition) is 5. The van der Waals surface area contributed by atoms with Crippen LogP contribution in [0.25, 0.3) is 0 Å². The lowest BCUT2D eigenvalue weighted by molar-refractivity contribution is -0.384. The number of nitro benzene ring substituents is 1. The Morgan fingerprint density at radius 1 is 1.18 bits per heavy atom. The largest absolute Gasteiger partial charge is 0.366 e. The first-order valence-corrected chi connectivity index (χ1v) is 10.5. The van der Waals surface area contributed by atoms with E-state index in [1.165, 1.54) is 16.5 Å². The van der Waals surface area contributed by atoms with Crippen LogP contribution in [0.2, 0.25) is 0 Å². The first kappa shape index (κ1) is 20.2. The summed E-state index contributed by atoms with van der Waals surface area (Å²) < 4.78 is 0. The highest BCUT2D eigenvalue weighted by Gasteiger charge is 2.27. The molecule has 3 rings (SSSR count). The van der Waals surface area contributed by atoms with Crippen molar-refractivity contribution in [1.82, 2.24) is 5.32 Å². The number of nitrogens with one attached hydrogen (secondary N) is 1. The van der Waals surface area contributed by atoms with E-state index < -0.39 is 0 Å². The second-order valence-corrected chi connectivity index (χ2v) is 8.13. The smallest absolute Gasteiger partial charge is 0.292 e. The molecule has 1 aliphatic rings. The van der Waals surface area contributed by atoms with Crippen LogP contribution >= 0.6 is 11.8 Å². The van der Waals surface area contributed by atoms with Gasteiger partial charge in [0, 0.05) is 42.3 Å². The van der Waals surface area contributed by atoms with Crippen molar-refractivity contribution in [2.45, 2.75) is 24.7 Å². The minimum Gasteiger partial charge on any atom is -0.366 e. The molecule has 0 unspecified atom stereocenters. The predicted octanol–water partition coefficient (Wildman–Crippen LogP) is 4.03. The molecule has 0 aliphatic carbocycles. The van der Waals surface area contributed by atoms with Gasteiger partial charge in [-0.2, -0.15) is 0 Å². The molecule has 2 aromatic carbocycles. The molecular formula is C21H25N3O3S. The van der Waals surface area contributed by atoms with E-state index in [2.05, 4.69) is 36.5 Å². The maximum absolute atomic E-state index is 12.4. The van der Waals surface area contributed by atoms with Crippen LogP contribution in [-0.2, 0) is 4.79 Å². The zero-order valence-corrected chi connectivity index (χ0v) is 16.8. The standard InChI is InChI=1S/C21H25N3O3S/c1-16-6-8-18(9-7-16)28-15-12-22-21(25)17-10-13-23(14-11-17)19-4-2-3-5-20(19)24(26)27/h2-9,17H,10-15H2,1H3,(H,22,25). The van der Waals surface area contributed by atoms with Crippen LogP contribution in [0.4, 0.5) is 11.4 Å². The number of anilines is 1. The monoisotopic (exact) mass is 399 g/mol. The van der Waals surface area contributed by atoms with Gasteiger partial charge < -0.3 is 10.2 Å². The molecule has 1 amide bonds. The zero-order valence-electron chi connectivity index (χ0n) is 16.0. The van der Waals surface area contributed by atoms with Crippen molar-refractivity contribution in [3.63, 3.8) is 0 Å². The number of nitro groups is 1. The summed E-state index contributed by atoms with van der Waals surface area (Å²) in [5, 5.41) is 14.2. The average Bonchev–Trinajstić information content (AvgIpc) is 2.72. The third-order valence-corrected chi connectivity index (χ3v) is 5.99. The van der Waals surface area contributed by atoms with Gasteiger partial charge in [0.15, 0.2) is 0 Å². The zero-order chi connectivity index (χ0) is 19.9. The summed E-state index contributed by atoms with van der Waals surface area (Å²) in [5.74, 6) is 0.902. The molecule has 0 atom stereocenters. The second-order valence-electron chi connectivity index (χ2n) is 6.96. The Bertz CT molecular complexity index is 818. The molecule has 0 aromatic heterocycles. The van der Waals surface area contributed by atoms with Crippen LogP contribution < -0.4 is 10.2 Å². The fraction of sp³-hybridized carbons (Fsp3) is 0.381. The van der Waals surface area contributed by atoms with E-state index in [0.717, 1.165) is 5.75 Å². The number of rotatable bonds is 7. The summed E-state index contributed by atoms with van der Waals surface area (Å²) in [5.41, 5.74) is 2.00. The van der Waals surface area contributed by atoms with Gasteiger partial charge in [-0.05, 0) is 38.0 Å². The highest BCUT2D eigenvalue weighted by molar-refractivity contribution is 7.99. The van der Waals surface area contributed by atoms with Crippen LogP contribution in [0.15, 0.2) is 53.4 Å². The molecule has 1 fully saturated rings. The van der Waals surface area contributed by atoms with Crippen LogP contribution in [0.5, 0.6) is 0 Å². The van der Waals surface area contributed by atoms with Gasteiger partial charge in [-0.1, -0.05) is 29.8 Å². The first-order valence-electron chi connectivity index (χ1n) is 9.50. The maximum atomic E-state index is 12.4. The third kappa shape index (κ3) is 5.25. The lowest BCUT2D eigenvalue weighted by Crippen LogP contribution is -2.41. The van der Waals surface area contributed by atoms with Crippen molar-refractivity contribution < 1.29 is 9.72 Å². The molecular weight excluding hydrogens is 374 g/mol. The van der Waals surface area contributed by atoms with Crippen LogP contribution in [0.1, 0.15) is 18.4 Å². The average molecular weight is 400 g/mol. The van der Waals surface area contributed by atoms with E-state index in [1.807, 2.05) is 11.0 Å². The van der Waals surface area contributed by atoms with Crippen LogP contribution in [0.3, 0.4) is 0 Å². The lowest BCUT2D eigenvalue weighted by atomic mass is 9.95. The molecule has 1 saturated heterocycles. The number of carbonyl (C=O) groups is 1. The summed E-state index contributed by atoms with van der Waals surface area (Å²) in [6.07, 6.45) is 1.42. The molecule has 0 spiro atoms. The molecule has 1 N–H and O–H groups in total. The van der Waals surface area contributed by atoms with E-state index in [4.69, 9.17) is 0 Å². The van der Waals surface area contributed by atoms with Crippen molar-refractivity contribution >= 4 is 29.0 Å². The molecule has 6 nitrogen and oxygen atoms in total. The van der Waals surface area contributed by atoms with Gasteiger partial charge in [0.05, 0.1) is 4.92 Å². The minimum absolute atomic E-state index is 0.0246. The molecule has 0 saturated carbocycles. The van der Waals surface area contributed by atoms with E-state index in [1.54, 1.807) is 23.9 Å². The van der Waals surface area contributed by atoms with Gasteiger partial charge in [0.2, 0.25) is 5.91 Å². The van der Waals surface area contributed by atoms with E-state index in [9.17, 15) is 14.9 Å². The SMILES string of the molecule is Cc1ccc(SCCNC(=O)C2CCN(c3ccccc3[N+](=O)[O-])CC2)cc1. The fourth-order valence-electron chi connectivity index (χ4n) is 3.39. The van der Waals surface area contributed by atoms with Gasteiger partial charge in [0.25, 0.3) is 5.69 Å². The molecule has 0 bridgehead atoms. The molecule has 2 aromatic rings. The highest BCUT2D eigenvalue weighted by Crippen LogP contribution is 2.31. The molecule has 148 valence electrons. The number of piperidine rings is 1. The number of benzene rings is 2. The number of amides is 1. The minimum atomic E-state index is -0.347. The first-order chi connectivity index (χ1) is 13.5. The molecule has 7 heteroatoms. The van der Waals surface area contributed by atoms with Crippen molar-refractivity contribution in [2.24, 2.45) is 5.92 Å². The van der Waals surface area contributed by atoms with Crippen molar-refractivity contribution in [3.05, 3.63) is 64.2 Å². The van der Waals surface area contributed by atoms with Gasteiger partial charge in [-0.15, -0.1) is 11.8 Å². The number of nitrogens with zero attached hydrogens (tertiary/aromatic N) is 2. The summed E-state index contributed by atoms with van der Waals surface area (Å²) in [6, 6.07) is 15.2. The Labute approximate surface area is 169 Å². The fourth-order valence-corrected chi connectivity index (χ4v) is 4.16. The molecule has 28 heavy (non-hydrogen) atoms. The molecule has 0 radical (unpaired) electrons. The topological polar surface area (TPSA) is 75.5 Å². The lowest BCUT2D eigenvalue weighted by Gasteiger charge is -2.32. The molecule has 1 heterocycles. The maximum Gasteiger partial charge on any atom is 0.292 e. The molecule has 1 aliphatic heterocycles. The summed E-state index contributed by atoms with van der Waals surface area (Å²) >= 11 is 1.73. The van der Waals surface area contributed by atoms with E-state index in [0.29, 0.717) is 38.2 Å². The Morgan fingerprint density at radius 2 is 1.86 bits per heavy atom. The number of carbonyl (C=O) groups excluding carboxylic acids is 1. The number of para-hydroxylation sites is 2. The van der Waals surface area contributed by atoms with Crippen LogP contribution in [-0.4, -0.2) is 36.2 Å². The van der Waals surface area contributed by atoms with E-state index in [-0.39, 0.29) is 22.4 Å². The number of thioether (sulfide) groups is 1. The Balaban J connectivity index is 1.42. The van der Waals surface area contributed by atoms with Gasteiger partial charge >= 0.3 is 0 Å².